The van der Waals surface area contributed by atoms with Crippen LogP contribution in [0.25, 0.3) is 49.6 Å². The fourth-order valence-corrected chi connectivity index (χ4v) is 6.66. The van der Waals surface area contributed by atoms with Gasteiger partial charge in [0, 0.05) is 47.9 Å². The van der Waals surface area contributed by atoms with Gasteiger partial charge in [-0.2, -0.15) is 0 Å². The van der Waals surface area contributed by atoms with Crippen molar-refractivity contribution in [2.24, 2.45) is 0 Å². The summed E-state index contributed by atoms with van der Waals surface area (Å²) in [6.45, 7) is 6.08. The Morgan fingerprint density at radius 2 is 1.22 bits per heavy atom. The maximum atomic E-state index is 12.2. The van der Waals surface area contributed by atoms with Crippen LogP contribution in [0.3, 0.4) is 0 Å². The number of para-hydroxylation sites is 1. The van der Waals surface area contributed by atoms with Crippen molar-refractivity contribution in [3.63, 3.8) is 0 Å². The lowest BCUT2D eigenvalue weighted by Crippen LogP contribution is -2.02. The van der Waals surface area contributed by atoms with E-state index in [1.54, 1.807) is 0 Å². The number of ether oxygens (including phenoxy) is 3. The van der Waals surface area contributed by atoms with E-state index >= 15 is 0 Å². The zero-order chi connectivity index (χ0) is 34.8. The number of carbonyl (C=O) groups excluding carboxylic acids is 3. The number of allylic oxidation sites excluding steroid dienone is 4. The van der Waals surface area contributed by atoms with Crippen LogP contribution in [-0.4, -0.2) is 58.6 Å². The van der Waals surface area contributed by atoms with E-state index in [4.69, 9.17) is 24.2 Å². The van der Waals surface area contributed by atoms with Crippen molar-refractivity contribution in [1.82, 2.24) is 19.4 Å². The number of nitrogens with zero attached hydrogens (tertiary/aromatic N) is 3. The fraction of sp³-hybridized carbons (Fsp3) is 0.308. The van der Waals surface area contributed by atoms with Gasteiger partial charge in [-0.1, -0.05) is 18.2 Å². The molecule has 6 rings (SSSR count). The van der Waals surface area contributed by atoms with Crippen LogP contribution in [0.4, 0.5) is 0 Å². The lowest BCUT2D eigenvalue weighted by Gasteiger charge is -2.06. The molecule has 1 aromatic carbocycles. The quantitative estimate of drug-likeness (QED) is 0.145. The van der Waals surface area contributed by atoms with Crippen LogP contribution < -0.4 is 0 Å². The minimum atomic E-state index is -0.303. The summed E-state index contributed by atoms with van der Waals surface area (Å²) in [4.78, 5) is 50.5. The van der Waals surface area contributed by atoms with Crippen molar-refractivity contribution < 1.29 is 28.6 Å². The van der Waals surface area contributed by atoms with Crippen LogP contribution in [0.1, 0.15) is 79.9 Å². The minimum absolute atomic E-state index is 0.201. The van der Waals surface area contributed by atoms with Gasteiger partial charge < -0.3 is 23.6 Å². The number of benzene rings is 1. The molecule has 0 saturated carbocycles. The molecule has 0 radical (unpaired) electrons. The van der Waals surface area contributed by atoms with Crippen molar-refractivity contribution >= 4 is 67.5 Å². The second-order valence-corrected chi connectivity index (χ2v) is 12.3. The normalized spacial score (nSPS) is 12.9. The number of hydrogen-bond acceptors (Lipinski definition) is 8. The van der Waals surface area contributed by atoms with Gasteiger partial charge in [-0.15, -0.1) is 0 Å². The Hall–Kier alpha value is -5.51. The number of esters is 3. The predicted octanol–water partition coefficient (Wildman–Crippen LogP) is 7.42. The summed E-state index contributed by atoms with van der Waals surface area (Å²) >= 11 is 0. The number of aryl methyl sites for hydroxylation is 2. The van der Waals surface area contributed by atoms with Crippen LogP contribution in [0.5, 0.6) is 0 Å². The highest BCUT2D eigenvalue weighted by Gasteiger charge is 2.23. The number of aromatic amines is 1. The predicted molar refractivity (Wildman–Crippen MR) is 190 cm³/mol. The molecule has 10 nitrogen and oxygen atoms in total. The summed E-state index contributed by atoms with van der Waals surface area (Å²) < 4.78 is 17.0. The molecule has 2 aliphatic heterocycles. The molecule has 0 unspecified atom stereocenters. The first-order valence-corrected chi connectivity index (χ1v) is 16.3. The summed E-state index contributed by atoms with van der Waals surface area (Å²) in [7, 11) is 4.18. The lowest BCUT2D eigenvalue weighted by molar-refractivity contribution is -0.141. The molecule has 49 heavy (non-hydrogen) atoms. The number of hydrogen-bond donors (Lipinski definition) is 1. The molecule has 0 fully saturated rings. The molecular formula is C39H40N4O6. The van der Waals surface area contributed by atoms with Crippen LogP contribution in [0.15, 0.2) is 54.9 Å². The molecular weight excluding hydrogens is 620 g/mol. The summed E-state index contributed by atoms with van der Waals surface area (Å²) in [6.07, 6.45) is 6.20. The molecule has 0 amide bonds. The van der Waals surface area contributed by atoms with E-state index in [2.05, 4.69) is 40.0 Å². The van der Waals surface area contributed by atoms with Crippen molar-refractivity contribution in [2.45, 2.75) is 59.3 Å². The molecule has 4 aromatic rings. The Labute approximate surface area is 284 Å². The van der Waals surface area contributed by atoms with Gasteiger partial charge in [-0.25, -0.2) is 9.97 Å². The third kappa shape index (κ3) is 6.63. The maximum absolute atomic E-state index is 12.2. The molecule has 2 aliphatic rings. The zero-order valence-electron chi connectivity index (χ0n) is 28.7. The van der Waals surface area contributed by atoms with Gasteiger partial charge in [-0.3, -0.25) is 14.4 Å². The SMILES string of the molecule is COC(=O)CCC1=C(C)c2cc3[nH]c(cn4cc(cc5nc(cc1n2)C(CCC(=O)OC)=C5C)c1ccccc14)c(CCC(=O)OC)c3C. The molecule has 8 bridgehead atoms. The van der Waals surface area contributed by atoms with E-state index in [-0.39, 0.29) is 37.2 Å². The Bertz CT molecular complexity index is 2240. The van der Waals surface area contributed by atoms with Gasteiger partial charge in [0.1, 0.15) is 0 Å². The van der Waals surface area contributed by atoms with E-state index in [0.717, 1.165) is 77.8 Å². The molecule has 5 heterocycles. The van der Waals surface area contributed by atoms with Gasteiger partial charge >= 0.3 is 17.9 Å². The topological polar surface area (TPSA) is 125 Å². The zero-order valence-corrected chi connectivity index (χ0v) is 28.7. The average Bonchev–Trinajstić information content (AvgIpc) is 3.78. The van der Waals surface area contributed by atoms with Crippen molar-refractivity contribution in [1.29, 1.82) is 0 Å². The number of nitrogens with one attached hydrogen (secondary N) is 1. The van der Waals surface area contributed by atoms with Gasteiger partial charge in [0.05, 0.1) is 55.1 Å². The maximum Gasteiger partial charge on any atom is 0.305 e. The van der Waals surface area contributed by atoms with Crippen LogP contribution in [0.2, 0.25) is 0 Å². The monoisotopic (exact) mass is 660 g/mol. The number of H-pyrrole nitrogens is 1. The van der Waals surface area contributed by atoms with E-state index in [0.29, 0.717) is 25.0 Å². The van der Waals surface area contributed by atoms with E-state index in [1.807, 2.05) is 45.0 Å². The summed E-state index contributed by atoms with van der Waals surface area (Å²) in [5, 5.41) is 2.04. The van der Waals surface area contributed by atoms with Crippen molar-refractivity contribution in [3.05, 3.63) is 88.8 Å². The van der Waals surface area contributed by atoms with E-state index in [9.17, 15) is 14.4 Å². The number of carbonyl (C=O) groups is 3. The molecule has 0 spiro atoms. The molecule has 3 aromatic heterocycles. The summed E-state index contributed by atoms with van der Waals surface area (Å²) in [5.74, 6) is -0.869. The van der Waals surface area contributed by atoms with Crippen molar-refractivity contribution in [2.75, 3.05) is 21.3 Å². The second kappa shape index (κ2) is 13.9. The number of methoxy groups -OCH3 is 3. The van der Waals surface area contributed by atoms with Gasteiger partial charge in [0.25, 0.3) is 0 Å². The van der Waals surface area contributed by atoms with Gasteiger partial charge in [0.2, 0.25) is 0 Å². The van der Waals surface area contributed by atoms with E-state index < -0.39 is 0 Å². The molecule has 0 atom stereocenters. The number of fused-ring (bicyclic) bond motifs is 11. The highest BCUT2D eigenvalue weighted by Crippen LogP contribution is 2.38. The van der Waals surface area contributed by atoms with Crippen LogP contribution >= 0.6 is 0 Å². The molecule has 0 aliphatic carbocycles. The molecule has 10 heteroatoms. The smallest absolute Gasteiger partial charge is 0.305 e. The second-order valence-electron chi connectivity index (χ2n) is 12.3. The van der Waals surface area contributed by atoms with Crippen LogP contribution in [-0.2, 0) is 35.0 Å². The Morgan fingerprint density at radius 1 is 0.673 bits per heavy atom. The first kappa shape index (κ1) is 33.4. The number of aromatic nitrogens is 4. The Morgan fingerprint density at radius 3 is 1.82 bits per heavy atom. The van der Waals surface area contributed by atoms with Gasteiger partial charge in [-0.05, 0) is 97.7 Å². The average molecular weight is 661 g/mol. The minimum Gasteiger partial charge on any atom is -0.469 e. The number of rotatable bonds is 9. The van der Waals surface area contributed by atoms with Gasteiger partial charge in [0.15, 0.2) is 0 Å². The third-order valence-electron chi connectivity index (χ3n) is 9.53. The Balaban J connectivity index is 1.69. The molecule has 1 N–H and O–H groups in total. The van der Waals surface area contributed by atoms with E-state index in [1.165, 1.54) is 21.3 Å². The standard InChI is InChI=1S/C39H40N4O6/c1-22-26(11-14-37(44)47-4)33-19-34-27(12-15-38(45)48-5)23(2)31(41-34)18-32-24(3)28(13-16-39(46)49-6)35(42-32)21-43-20-25(17-30(22)40-33)29-9-7-8-10-36(29)43/h7-10,17-21,42H,11-16H2,1-6H3. The Kier molecular flexibility index (Phi) is 9.49. The third-order valence-corrected chi connectivity index (χ3v) is 9.53. The summed E-state index contributed by atoms with van der Waals surface area (Å²) in [6, 6.07) is 14.3. The highest BCUT2D eigenvalue weighted by atomic mass is 16.5. The molecule has 0 saturated heterocycles. The first-order chi connectivity index (χ1) is 23.6. The van der Waals surface area contributed by atoms with Crippen molar-refractivity contribution in [3.8, 4) is 0 Å². The largest absolute Gasteiger partial charge is 0.469 e. The van der Waals surface area contributed by atoms with Crippen LogP contribution in [0, 0.1) is 6.92 Å². The lowest BCUT2D eigenvalue weighted by atomic mass is 9.98. The first-order valence-electron chi connectivity index (χ1n) is 16.3. The fourth-order valence-electron chi connectivity index (χ4n) is 6.66. The highest BCUT2D eigenvalue weighted by molar-refractivity contribution is 6.00. The summed E-state index contributed by atoms with van der Waals surface area (Å²) in [5.41, 5.74) is 11.6. The molecule has 252 valence electrons.